The van der Waals surface area contributed by atoms with Crippen LogP contribution in [0.2, 0.25) is 0 Å². The third kappa shape index (κ3) is 3.57. The maximum absolute atomic E-state index is 11.4. The third-order valence-corrected chi connectivity index (χ3v) is 2.40. The lowest BCUT2D eigenvalue weighted by Crippen LogP contribution is -2.05. The number of carbonyl (C=O) groups is 1. The molecule has 1 aromatic carbocycles. The van der Waals surface area contributed by atoms with E-state index in [1.807, 2.05) is 6.07 Å². The van der Waals surface area contributed by atoms with E-state index in [0.717, 1.165) is 11.8 Å². The van der Waals surface area contributed by atoms with Crippen molar-refractivity contribution in [3.05, 3.63) is 46.0 Å². The van der Waals surface area contributed by atoms with Crippen LogP contribution in [0.25, 0.3) is 0 Å². The van der Waals surface area contributed by atoms with Gasteiger partial charge in [0.15, 0.2) is 0 Å². The molecule has 0 aliphatic heterocycles. The number of rotatable bonds is 4. The smallest absolute Gasteiger partial charge is 0.219 e. The minimum absolute atomic E-state index is 0.118. The second kappa shape index (κ2) is 5.39. The fraction of sp³-hybridized carbons (Fsp3) is 0.222. The summed E-state index contributed by atoms with van der Waals surface area (Å²) in [6.45, 7) is -0.177. The van der Waals surface area contributed by atoms with E-state index in [1.165, 1.54) is 0 Å². The van der Waals surface area contributed by atoms with Crippen molar-refractivity contribution in [1.82, 2.24) is 0 Å². The Morgan fingerprint density at radius 3 is 2.57 bits per heavy atom. The SMILES string of the molecule is O=C(SCC[N+](=O)[O-])c1ccccc1. The van der Waals surface area contributed by atoms with Crippen LogP contribution >= 0.6 is 11.8 Å². The van der Waals surface area contributed by atoms with Gasteiger partial charge < -0.3 is 0 Å². The molecule has 0 unspecified atom stereocenters. The Kier molecular flexibility index (Phi) is 4.12. The fourth-order valence-electron chi connectivity index (χ4n) is 0.870. The van der Waals surface area contributed by atoms with Crippen molar-refractivity contribution in [1.29, 1.82) is 0 Å². The van der Waals surface area contributed by atoms with Gasteiger partial charge in [0.05, 0.1) is 5.75 Å². The van der Waals surface area contributed by atoms with E-state index >= 15 is 0 Å². The van der Waals surface area contributed by atoms with Crippen LogP contribution in [-0.2, 0) is 0 Å². The molecule has 4 nitrogen and oxygen atoms in total. The Morgan fingerprint density at radius 2 is 2.00 bits per heavy atom. The summed E-state index contributed by atoms with van der Waals surface area (Å²) in [4.78, 5) is 20.9. The maximum Gasteiger partial charge on any atom is 0.219 e. The second-order valence-electron chi connectivity index (χ2n) is 2.56. The normalized spacial score (nSPS) is 9.71. The van der Waals surface area contributed by atoms with Crippen LogP contribution in [-0.4, -0.2) is 22.3 Å². The van der Waals surface area contributed by atoms with Gasteiger partial charge >= 0.3 is 0 Å². The molecule has 0 fully saturated rings. The fourth-order valence-corrected chi connectivity index (χ4v) is 1.60. The molecule has 0 heterocycles. The van der Waals surface area contributed by atoms with Crippen molar-refractivity contribution in [2.45, 2.75) is 0 Å². The zero-order chi connectivity index (χ0) is 10.4. The summed E-state index contributed by atoms with van der Waals surface area (Å²) < 4.78 is 0. The zero-order valence-corrected chi connectivity index (χ0v) is 8.20. The summed E-state index contributed by atoms with van der Waals surface area (Å²) in [6, 6.07) is 8.74. The van der Waals surface area contributed by atoms with Gasteiger partial charge in [0.2, 0.25) is 11.7 Å². The second-order valence-corrected chi connectivity index (χ2v) is 3.63. The molecule has 0 spiro atoms. The molecule has 0 radical (unpaired) electrons. The summed E-state index contributed by atoms with van der Waals surface area (Å²) in [7, 11) is 0. The highest BCUT2D eigenvalue weighted by Gasteiger charge is 2.07. The van der Waals surface area contributed by atoms with E-state index in [1.54, 1.807) is 24.3 Å². The lowest BCUT2D eigenvalue weighted by atomic mass is 10.2. The van der Waals surface area contributed by atoms with E-state index in [0.29, 0.717) is 5.56 Å². The van der Waals surface area contributed by atoms with Crippen LogP contribution < -0.4 is 0 Å². The van der Waals surface area contributed by atoms with Crippen LogP contribution in [0.3, 0.4) is 0 Å². The van der Waals surface area contributed by atoms with Crippen molar-refractivity contribution < 1.29 is 9.72 Å². The highest BCUT2D eigenvalue weighted by molar-refractivity contribution is 8.14. The molecule has 0 bridgehead atoms. The number of hydrogen-bond acceptors (Lipinski definition) is 4. The van der Waals surface area contributed by atoms with Gasteiger partial charge in [-0.2, -0.15) is 0 Å². The molecule has 0 aromatic heterocycles. The summed E-state index contributed by atoms with van der Waals surface area (Å²) in [5.41, 5.74) is 0.584. The lowest BCUT2D eigenvalue weighted by Gasteiger charge is -1.97. The van der Waals surface area contributed by atoms with Gasteiger partial charge in [-0.25, -0.2) is 0 Å². The number of carbonyl (C=O) groups excluding carboxylic acids is 1. The summed E-state index contributed by atoms with van der Waals surface area (Å²) in [6.07, 6.45) is 0. The van der Waals surface area contributed by atoms with Crippen molar-refractivity contribution in [2.24, 2.45) is 0 Å². The molecule has 1 rings (SSSR count). The molecule has 0 amide bonds. The molecule has 74 valence electrons. The van der Waals surface area contributed by atoms with Gasteiger partial charge in [-0.3, -0.25) is 14.9 Å². The minimum Gasteiger partial charge on any atom is -0.282 e. The van der Waals surface area contributed by atoms with E-state index in [4.69, 9.17) is 0 Å². The first-order chi connectivity index (χ1) is 6.70. The molecule has 0 saturated heterocycles. The Hall–Kier alpha value is -1.36. The van der Waals surface area contributed by atoms with Crippen LogP contribution in [0.1, 0.15) is 10.4 Å². The van der Waals surface area contributed by atoms with E-state index < -0.39 is 4.92 Å². The number of nitrogens with zero attached hydrogens (tertiary/aromatic N) is 1. The Labute approximate surface area is 85.5 Å². The standard InChI is InChI=1S/C9H9NO3S/c11-9(14-7-6-10(12)13)8-4-2-1-3-5-8/h1-5H,6-7H2. The first-order valence-corrected chi connectivity index (χ1v) is 5.02. The van der Waals surface area contributed by atoms with Gasteiger partial charge in [0, 0.05) is 10.5 Å². The molecule has 0 N–H and O–H groups in total. The first-order valence-electron chi connectivity index (χ1n) is 4.04. The monoisotopic (exact) mass is 211 g/mol. The van der Waals surface area contributed by atoms with Gasteiger partial charge in [0.1, 0.15) is 0 Å². The first kappa shape index (κ1) is 10.7. The van der Waals surface area contributed by atoms with Crippen molar-refractivity contribution in [3.8, 4) is 0 Å². The summed E-state index contributed by atoms with van der Waals surface area (Å²) in [5, 5.41) is 9.88. The quantitative estimate of drug-likeness (QED) is 0.563. The molecule has 14 heavy (non-hydrogen) atoms. The lowest BCUT2D eigenvalue weighted by molar-refractivity contribution is -0.474. The van der Waals surface area contributed by atoms with Crippen LogP contribution in [0, 0.1) is 10.1 Å². The molecule has 5 heteroatoms. The number of hydrogen-bond donors (Lipinski definition) is 0. The predicted octanol–water partition coefficient (Wildman–Crippen LogP) is 1.84. The minimum atomic E-state index is -0.425. The van der Waals surface area contributed by atoms with Gasteiger partial charge in [0.25, 0.3) is 0 Å². The van der Waals surface area contributed by atoms with Crippen molar-refractivity contribution in [2.75, 3.05) is 12.3 Å². The average Bonchev–Trinajstić information content (AvgIpc) is 2.18. The predicted molar refractivity (Wildman–Crippen MR) is 55.1 cm³/mol. The van der Waals surface area contributed by atoms with Gasteiger partial charge in [-0.1, -0.05) is 42.1 Å². The third-order valence-electron chi connectivity index (χ3n) is 1.52. The Balaban J connectivity index is 2.40. The number of benzene rings is 1. The maximum atomic E-state index is 11.4. The van der Waals surface area contributed by atoms with E-state index in [-0.39, 0.29) is 17.4 Å². The molecule has 0 saturated carbocycles. The zero-order valence-electron chi connectivity index (χ0n) is 7.38. The topological polar surface area (TPSA) is 60.2 Å². The average molecular weight is 211 g/mol. The highest BCUT2D eigenvalue weighted by atomic mass is 32.2. The molecule has 0 aliphatic carbocycles. The number of nitro groups is 1. The van der Waals surface area contributed by atoms with Crippen molar-refractivity contribution in [3.63, 3.8) is 0 Å². The van der Waals surface area contributed by atoms with Crippen LogP contribution in [0.15, 0.2) is 30.3 Å². The van der Waals surface area contributed by atoms with E-state index in [9.17, 15) is 14.9 Å². The Bertz CT molecular complexity index is 326. The Morgan fingerprint density at radius 1 is 1.36 bits per heavy atom. The highest BCUT2D eigenvalue weighted by Crippen LogP contribution is 2.11. The number of thioether (sulfide) groups is 1. The van der Waals surface area contributed by atoms with Gasteiger partial charge in [-0.15, -0.1) is 0 Å². The van der Waals surface area contributed by atoms with Gasteiger partial charge in [-0.05, 0) is 0 Å². The van der Waals surface area contributed by atoms with Crippen molar-refractivity contribution >= 4 is 16.9 Å². The summed E-state index contributed by atoms with van der Waals surface area (Å²) in [5.74, 6) is 0.223. The van der Waals surface area contributed by atoms with E-state index in [2.05, 4.69) is 0 Å². The summed E-state index contributed by atoms with van der Waals surface area (Å²) >= 11 is 0.977. The molecule has 0 aliphatic rings. The van der Waals surface area contributed by atoms with Crippen LogP contribution in [0.4, 0.5) is 0 Å². The molecular formula is C9H9NO3S. The van der Waals surface area contributed by atoms with Crippen LogP contribution in [0.5, 0.6) is 0 Å². The molecule has 1 aromatic rings. The molecular weight excluding hydrogens is 202 g/mol. The largest absolute Gasteiger partial charge is 0.282 e. The molecule has 0 atom stereocenters.